The van der Waals surface area contributed by atoms with Crippen molar-refractivity contribution in [3.63, 3.8) is 0 Å². The Morgan fingerprint density at radius 1 is 1.28 bits per heavy atom. The molecule has 1 aromatic heterocycles. The molecule has 0 radical (unpaired) electrons. The molecule has 10 heteroatoms. The number of nitro groups is 1. The fraction of sp³-hybridized carbons (Fsp3) is 0. The van der Waals surface area contributed by atoms with Gasteiger partial charge in [0, 0.05) is 16.7 Å². The number of hydrogen-bond donors (Lipinski definition) is 1. The maximum atomic E-state index is 11.1. The van der Waals surface area contributed by atoms with Gasteiger partial charge in [-0.1, -0.05) is 35.3 Å². The van der Waals surface area contributed by atoms with Crippen LogP contribution in [0.15, 0.2) is 47.6 Å². The second-order valence-electron chi connectivity index (χ2n) is 4.85. The molecular formula is C15H9Cl2N5O2S. The summed E-state index contributed by atoms with van der Waals surface area (Å²) in [7, 11) is 0. The Kier molecular flexibility index (Phi) is 4.93. The monoisotopic (exact) mass is 393 g/mol. The predicted octanol–water partition coefficient (Wildman–Crippen LogP) is 4.70. The molecule has 3 rings (SSSR count). The Morgan fingerprint density at radius 3 is 2.76 bits per heavy atom. The first-order valence-corrected chi connectivity index (χ1v) is 8.04. The fourth-order valence-corrected chi connectivity index (χ4v) is 2.80. The highest BCUT2D eigenvalue weighted by Gasteiger charge is 2.14. The molecule has 0 unspecified atom stereocenters. The van der Waals surface area contributed by atoms with Crippen molar-refractivity contribution in [3.05, 3.63) is 73.0 Å². The number of aromatic nitrogens is 3. The van der Waals surface area contributed by atoms with E-state index in [9.17, 15) is 10.1 Å². The number of hydrogen-bond acceptors (Lipinski definition) is 5. The first-order chi connectivity index (χ1) is 12.0. The van der Waals surface area contributed by atoms with E-state index in [1.165, 1.54) is 17.0 Å². The van der Waals surface area contributed by atoms with Gasteiger partial charge in [-0.05, 0) is 36.5 Å². The number of nitro benzene ring substituents is 1. The van der Waals surface area contributed by atoms with E-state index in [2.05, 4.69) is 15.3 Å². The molecule has 0 atom stereocenters. The molecule has 1 heterocycles. The highest BCUT2D eigenvalue weighted by molar-refractivity contribution is 7.71. The highest BCUT2D eigenvalue weighted by Crippen LogP contribution is 2.29. The minimum absolute atomic E-state index is 0.0626. The predicted molar refractivity (Wildman–Crippen MR) is 99.0 cm³/mol. The number of aromatic amines is 1. The molecule has 0 amide bonds. The molecule has 25 heavy (non-hydrogen) atoms. The molecule has 126 valence electrons. The summed E-state index contributed by atoms with van der Waals surface area (Å²) in [5, 5.41) is 22.9. The van der Waals surface area contributed by atoms with Gasteiger partial charge in [-0.3, -0.25) is 10.1 Å². The maximum absolute atomic E-state index is 11.1. The second-order valence-corrected chi connectivity index (χ2v) is 6.08. The lowest BCUT2D eigenvalue weighted by atomic mass is 10.2. The van der Waals surface area contributed by atoms with E-state index in [-0.39, 0.29) is 10.5 Å². The van der Waals surface area contributed by atoms with Crippen molar-refractivity contribution in [1.82, 2.24) is 14.9 Å². The standard InChI is InChI=1S/C15H9Cl2N5O2S/c16-10-5-6-11(12(17)7-10)14-19-20-15(25)21(14)18-8-9-3-1-2-4-13(9)22(23)24/h1-8H,(H,20,25)/b18-8-. The van der Waals surface area contributed by atoms with E-state index in [4.69, 9.17) is 35.4 Å². The zero-order valence-electron chi connectivity index (χ0n) is 12.4. The van der Waals surface area contributed by atoms with Crippen molar-refractivity contribution in [2.24, 2.45) is 5.10 Å². The Balaban J connectivity index is 2.07. The third-order valence-electron chi connectivity index (χ3n) is 3.27. The van der Waals surface area contributed by atoms with Crippen molar-refractivity contribution in [2.45, 2.75) is 0 Å². The van der Waals surface area contributed by atoms with Crippen LogP contribution in [-0.4, -0.2) is 26.0 Å². The van der Waals surface area contributed by atoms with E-state index in [0.29, 0.717) is 27.0 Å². The van der Waals surface area contributed by atoms with E-state index in [1.54, 1.807) is 36.4 Å². The van der Waals surface area contributed by atoms with Crippen LogP contribution in [0.5, 0.6) is 0 Å². The average Bonchev–Trinajstić information content (AvgIpc) is 2.94. The van der Waals surface area contributed by atoms with Crippen LogP contribution in [0.1, 0.15) is 5.56 Å². The number of benzene rings is 2. The molecule has 0 fully saturated rings. The van der Waals surface area contributed by atoms with Crippen molar-refractivity contribution in [3.8, 4) is 11.4 Å². The van der Waals surface area contributed by atoms with Gasteiger partial charge >= 0.3 is 0 Å². The SMILES string of the molecule is O=[N+]([O-])c1ccccc1/C=N\n1c(-c2ccc(Cl)cc2Cl)n[nH]c1=S. The summed E-state index contributed by atoms with van der Waals surface area (Å²) in [6.45, 7) is 0. The summed E-state index contributed by atoms with van der Waals surface area (Å²) in [4.78, 5) is 10.6. The summed E-state index contributed by atoms with van der Waals surface area (Å²) in [6, 6.07) is 11.2. The molecule has 0 aliphatic heterocycles. The van der Waals surface area contributed by atoms with Crippen LogP contribution in [0, 0.1) is 14.9 Å². The lowest BCUT2D eigenvalue weighted by molar-refractivity contribution is -0.385. The number of halogens is 2. The molecular weight excluding hydrogens is 385 g/mol. The van der Waals surface area contributed by atoms with Gasteiger partial charge in [0.1, 0.15) is 0 Å². The van der Waals surface area contributed by atoms with Gasteiger partial charge in [0.15, 0.2) is 5.82 Å². The van der Waals surface area contributed by atoms with Crippen LogP contribution in [-0.2, 0) is 0 Å². The zero-order chi connectivity index (χ0) is 18.0. The molecule has 2 aromatic carbocycles. The smallest absolute Gasteiger partial charge is 0.258 e. The highest BCUT2D eigenvalue weighted by atomic mass is 35.5. The van der Waals surface area contributed by atoms with Crippen LogP contribution in [0.4, 0.5) is 5.69 Å². The Morgan fingerprint density at radius 2 is 2.04 bits per heavy atom. The molecule has 0 aliphatic carbocycles. The molecule has 1 N–H and O–H groups in total. The Labute approximate surface area is 156 Å². The molecule has 3 aromatic rings. The molecule has 0 saturated carbocycles. The van der Waals surface area contributed by atoms with Gasteiger partial charge in [-0.25, -0.2) is 5.10 Å². The molecule has 0 bridgehead atoms. The summed E-state index contributed by atoms with van der Waals surface area (Å²) >= 11 is 17.3. The Hall–Kier alpha value is -2.55. The van der Waals surface area contributed by atoms with E-state index in [0.717, 1.165) is 0 Å². The minimum atomic E-state index is -0.479. The van der Waals surface area contributed by atoms with Gasteiger partial charge in [0.05, 0.1) is 21.7 Å². The quantitative estimate of drug-likeness (QED) is 0.301. The third kappa shape index (κ3) is 3.60. The van der Waals surface area contributed by atoms with E-state index < -0.39 is 4.92 Å². The largest absolute Gasteiger partial charge is 0.278 e. The van der Waals surface area contributed by atoms with Gasteiger partial charge in [-0.15, -0.1) is 0 Å². The van der Waals surface area contributed by atoms with Crippen LogP contribution in [0.2, 0.25) is 10.0 Å². The third-order valence-corrected chi connectivity index (χ3v) is 4.08. The molecule has 7 nitrogen and oxygen atoms in total. The molecule has 0 spiro atoms. The lowest BCUT2D eigenvalue weighted by Crippen LogP contribution is -1.98. The van der Waals surface area contributed by atoms with Crippen molar-refractivity contribution < 1.29 is 4.92 Å². The number of nitrogens with zero attached hydrogens (tertiary/aromatic N) is 4. The van der Waals surface area contributed by atoms with Crippen LogP contribution in [0.25, 0.3) is 11.4 Å². The number of rotatable bonds is 4. The normalized spacial score (nSPS) is 11.1. The summed E-state index contributed by atoms with van der Waals surface area (Å²) in [6.07, 6.45) is 1.34. The first kappa shape index (κ1) is 17.3. The van der Waals surface area contributed by atoms with E-state index >= 15 is 0 Å². The van der Waals surface area contributed by atoms with Crippen molar-refractivity contribution in [1.29, 1.82) is 0 Å². The fourth-order valence-electron chi connectivity index (χ4n) is 2.13. The first-order valence-electron chi connectivity index (χ1n) is 6.88. The van der Waals surface area contributed by atoms with Crippen molar-refractivity contribution in [2.75, 3.05) is 0 Å². The topological polar surface area (TPSA) is 89.1 Å². The van der Waals surface area contributed by atoms with Crippen molar-refractivity contribution >= 4 is 47.3 Å². The van der Waals surface area contributed by atoms with Gasteiger partial charge in [0.25, 0.3) is 5.69 Å². The molecule has 0 saturated heterocycles. The maximum Gasteiger partial charge on any atom is 0.278 e. The van der Waals surface area contributed by atoms with Crippen LogP contribution >= 0.6 is 35.4 Å². The number of H-pyrrole nitrogens is 1. The van der Waals surface area contributed by atoms with E-state index in [1.807, 2.05) is 0 Å². The van der Waals surface area contributed by atoms with Gasteiger partial charge in [-0.2, -0.15) is 14.9 Å². The average molecular weight is 394 g/mol. The van der Waals surface area contributed by atoms with Crippen LogP contribution < -0.4 is 0 Å². The van der Waals surface area contributed by atoms with Gasteiger partial charge < -0.3 is 0 Å². The number of nitrogens with one attached hydrogen (secondary N) is 1. The summed E-state index contributed by atoms with van der Waals surface area (Å²) < 4.78 is 1.55. The minimum Gasteiger partial charge on any atom is -0.258 e. The summed E-state index contributed by atoms with van der Waals surface area (Å²) in [5.41, 5.74) is 0.842. The van der Waals surface area contributed by atoms with Crippen LogP contribution in [0.3, 0.4) is 0 Å². The zero-order valence-corrected chi connectivity index (χ0v) is 14.7. The second kappa shape index (κ2) is 7.14. The lowest BCUT2D eigenvalue weighted by Gasteiger charge is -2.04. The molecule has 0 aliphatic rings. The summed E-state index contributed by atoms with van der Waals surface area (Å²) in [5.74, 6) is 0.363. The van der Waals surface area contributed by atoms with Gasteiger partial charge in [0.2, 0.25) is 4.77 Å². The Bertz CT molecular complexity index is 1040. The number of para-hydroxylation sites is 1.